The Morgan fingerprint density at radius 3 is 2.56 bits per heavy atom. The van der Waals surface area contributed by atoms with Gasteiger partial charge in [-0.15, -0.1) is 0 Å². The smallest absolute Gasteiger partial charge is 0.266 e. The van der Waals surface area contributed by atoms with Crippen LogP contribution in [0.4, 0.5) is 0 Å². The minimum Gasteiger partial charge on any atom is -0.493 e. The van der Waals surface area contributed by atoms with Crippen LogP contribution in [0.5, 0.6) is 11.5 Å². The van der Waals surface area contributed by atoms with E-state index >= 15 is 0 Å². The molecule has 0 saturated carbocycles. The number of hydrogen-bond donors (Lipinski definition) is 0. The molecule has 25 heavy (non-hydrogen) atoms. The maximum absolute atomic E-state index is 13.1. The molecule has 2 aromatic rings. The van der Waals surface area contributed by atoms with Crippen LogP contribution >= 0.6 is 0 Å². The molecule has 4 rings (SSSR count). The van der Waals surface area contributed by atoms with Crippen LogP contribution in [0.1, 0.15) is 50.7 Å². The second kappa shape index (κ2) is 5.92. The Labute approximate surface area is 146 Å². The molecule has 0 fully saturated rings. The predicted molar refractivity (Wildman–Crippen MR) is 92.2 cm³/mol. The maximum Gasteiger partial charge on any atom is 0.266 e. The third-order valence-corrected chi connectivity index (χ3v) is 5.08. The van der Waals surface area contributed by atoms with Crippen molar-refractivity contribution in [2.24, 2.45) is 0 Å². The molecule has 2 amide bonds. The van der Waals surface area contributed by atoms with E-state index in [1.54, 1.807) is 12.1 Å². The zero-order valence-corrected chi connectivity index (χ0v) is 14.2. The Kier molecular flexibility index (Phi) is 3.71. The Morgan fingerprint density at radius 2 is 1.80 bits per heavy atom. The largest absolute Gasteiger partial charge is 0.493 e. The second-order valence-corrected chi connectivity index (χ2v) is 6.31. The number of imide groups is 1. The van der Waals surface area contributed by atoms with Gasteiger partial charge in [0.2, 0.25) is 0 Å². The SMILES string of the molecule is COc1ccc2c(c1OC)C(=O)N([C@@H]1CCCc3ccccc31)C2=O. The average molecular weight is 337 g/mol. The van der Waals surface area contributed by atoms with Gasteiger partial charge < -0.3 is 9.47 Å². The third-order valence-electron chi connectivity index (χ3n) is 5.08. The summed E-state index contributed by atoms with van der Waals surface area (Å²) in [5.41, 5.74) is 2.95. The third kappa shape index (κ3) is 2.22. The van der Waals surface area contributed by atoms with E-state index in [-0.39, 0.29) is 17.9 Å². The summed E-state index contributed by atoms with van der Waals surface area (Å²) in [6, 6.07) is 11.1. The number of nitrogens with zero attached hydrogens (tertiary/aromatic N) is 1. The van der Waals surface area contributed by atoms with Crippen molar-refractivity contribution in [1.82, 2.24) is 4.90 Å². The Hall–Kier alpha value is -2.82. The van der Waals surface area contributed by atoms with E-state index in [1.807, 2.05) is 18.2 Å². The number of aryl methyl sites for hydroxylation is 1. The molecule has 128 valence electrons. The first-order valence-electron chi connectivity index (χ1n) is 8.38. The standard InChI is InChI=1S/C20H19NO4/c1-24-16-11-10-14-17(18(16)25-2)20(23)21(19(14)22)15-9-5-7-12-6-3-4-8-13(12)15/h3-4,6,8,10-11,15H,5,7,9H2,1-2H3/t15-/m1/s1. The first-order chi connectivity index (χ1) is 12.2. The number of ether oxygens (including phenoxy) is 2. The van der Waals surface area contributed by atoms with Gasteiger partial charge in [-0.3, -0.25) is 14.5 Å². The summed E-state index contributed by atoms with van der Waals surface area (Å²) in [4.78, 5) is 27.5. The summed E-state index contributed by atoms with van der Waals surface area (Å²) >= 11 is 0. The molecule has 5 nitrogen and oxygen atoms in total. The van der Waals surface area contributed by atoms with Crippen LogP contribution in [-0.2, 0) is 6.42 Å². The zero-order valence-electron chi connectivity index (χ0n) is 14.2. The Morgan fingerprint density at radius 1 is 1.00 bits per heavy atom. The van der Waals surface area contributed by atoms with E-state index in [1.165, 1.54) is 24.7 Å². The van der Waals surface area contributed by atoms with E-state index in [4.69, 9.17) is 9.47 Å². The van der Waals surface area contributed by atoms with E-state index < -0.39 is 0 Å². The average Bonchev–Trinajstić information content (AvgIpc) is 2.91. The van der Waals surface area contributed by atoms with Crippen LogP contribution in [0.15, 0.2) is 36.4 Å². The van der Waals surface area contributed by atoms with Crippen molar-refractivity contribution in [2.45, 2.75) is 25.3 Å². The van der Waals surface area contributed by atoms with Crippen molar-refractivity contribution in [3.63, 3.8) is 0 Å². The van der Waals surface area contributed by atoms with Crippen LogP contribution in [0.25, 0.3) is 0 Å². The predicted octanol–water partition coefficient (Wildman–Crippen LogP) is 3.38. The molecule has 0 bridgehead atoms. The van der Waals surface area contributed by atoms with E-state index in [2.05, 4.69) is 6.07 Å². The molecule has 2 aromatic carbocycles. The van der Waals surface area contributed by atoms with Gasteiger partial charge in [0, 0.05) is 0 Å². The van der Waals surface area contributed by atoms with Gasteiger partial charge in [-0.05, 0) is 42.5 Å². The summed E-state index contributed by atoms with van der Waals surface area (Å²) in [5, 5.41) is 0. The van der Waals surface area contributed by atoms with Crippen molar-refractivity contribution >= 4 is 11.8 Å². The molecule has 0 saturated heterocycles. The quantitative estimate of drug-likeness (QED) is 0.806. The molecule has 5 heteroatoms. The molecular formula is C20H19NO4. The fraction of sp³-hybridized carbons (Fsp3) is 0.300. The number of amides is 2. The highest BCUT2D eigenvalue weighted by Crippen LogP contribution is 2.43. The lowest BCUT2D eigenvalue weighted by atomic mass is 9.87. The fourth-order valence-electron chi connectivity index (χ4n) is 3.94. The van der Waals surface area contributed by atoms with Crippen LogP contribution in [0.3, 0.4) is 0 Å². The summed E-state index contributed by atoms with van der Waals surface area (Å²) < 4.78 is 10.7. The molecule has 2 aliphatic rings. The zero-order chi connectivity index (χ0) is 17.6. The maximum atomic E-state index is 13.1. The molecule has 1 aliphatic carbocycles. The van der Waals surface area contributed by atoms with Crippen molar-refractivity contribution in [1.29, 1.82) is 0 Å². The van der Waals surface area contributed by atoms with Gasteiger partial charge in [0.15, 0.2) is 11.5 Å². The van der Waals surface area contributed by atoms with Gasteiger partial charge in [-0.25, -0.2) is 0 Å². The first kappa shape index (κ1) is 15.7. The van der Waals surface area contributed by atoms with Crippen molar-refractivity contribution in [3.8, 4) is 11.5 Å². The van der Waals surface area contributed by atoms with Gasteiger partial charge >= 0.3 is 0 Å². The summed E-state index contributed by atoms with van der Waals surface area (Å²) in [6.07, 6.45) is 2.71. The molecular weight excluding hydrogens is 318 g/mol. The molecule has 1 heterocycles. The fourth-order valence-corrected chi connectivity index (χ4v) is 3.94. The molecule has 0 unspecified atom stereocenters. The van der Waals surface area contributed by atoms with E-state index in [0.717, 1.165) is 24.8 Å². The minimum absolute atomic E-state index is 0.229. The molecule has 1 atom stereocenters. The number of benzene rings is 2. The number of rotatable bonds is 3. The van der Waals surface area contributed by atoms with E-state index in [0.29, 0.717) is 22.6 Å². The van der Waals surface area contributed by atoms with Crippen LogP contribution in [0, 0.1) is 0 Å². The second-order valence-electron chi connectivity index (χ2n) is 6.31. The van der Waals surface area contributed by atoms with Crippen LogP contribution in [-0.4, -0.2) is 30.9 Å². The number of carbonyl (C=O) groups is 2. The highest BCUT2D eigenvalue weighted by Gasteiger charge is 2.44. The lowest BCUT2D eigenvalue weighted by Crippen LogP contribution is -2.36. The molecule has 0 aromatic heterocycles. The molecule has 1 aliphatic heterocycles. The van der Waals surface area contributed by atoms with Crippen molar-refractivity contribution < 1.29 is 19.1 Å². The molecule has 0 radical (unpaired) electrons. The van der Waals surface area contributed by atoms with Gasteiger partial charge in [0.1, 0.15) is 0 Å². The van der Waals surface area contributed by atoms with Crippen molar-refractivity contribution in [3.05, 3.63) is 58.7 Å². The van der Waals surface area contributed by atoms with Gasteiger partial charge in [-0.2, -0.15) is 0 Å². The normalized spacial score (nSPS) is 18.8. The first-order valence-corrected chi connectivity index (χ1v) is 8.38. The molecule has 0 spiro atoms. The summed E-state index contributed by atoms with van der Waals surface area (Å²) in [7, 11) is 3.00. The lowest BCUT2D eigenvalue weighted by molar-refractivity contribution is 0.0565. The minimum atomic E-state index is -0.308. The monoisotopic (exact) mass is 337 g/mol. The number of fused-ring (bicyclic) bond motifs is 2. The van der Waals surface area contributed by atoms with Crippen LogP contribution in [0.2, 0.25) is 0 Å². The van der Waals surface area contributed by atoms with Gasteiger partial charge in [0.05, 0.1) is 31.4 Å². The topological polar surface area (TPSA) is 55.8 Å². The number of methoxy groups -OCH3 is 2. The highest BCUT2D eigenvalue weighted by molar-refractivity contribution is 6.23. The lowest BCUT2D eigenvalue weighted by Gasteiger charge is -2.31. The van der Waals surface area contributed by atoms with Gasteiger partial charge in [0.25, 0.3) is 11.8 Å². The van der Waals surface area contributed by atoms with Crippen molar-refractivity contribution in [2.75, 3.05) is 14.2 Å². The van der Waals surface area contributed by atoms with E-state index in [9.17, 15) is 9.59 Å². The highest BCUT2D eigenvalue weighted by atomic mass is 16.5. The van der Waals surface area contributed by atoms with Gasteiger partial charge in [-0.1, -0.05) is 24.3 Å². The summed E-state index contributed by atoms with van der Waals surface area (Å²) in [5.74, 6) is 0.207. The number of hydrogen-bond acceptors (Lipinski definition) is 4. The summed E-state index contributed by atoms with van der Waals surface area (Å²) in [6.45, 7) is 0. The Balaban J connectivity index is 1.82. The Bertz CT molecular complexity index is 874. The molecule has 0 N–H and O–H groups in total. The number of carbonyl (C=O) groups excluding carboxylic acids is 2. The van der Waals surface area contributed by atoms with Crippen LogP contribution < -0.4 is 9.47 Å².